The number of anilines is 2. The molecule has 4 rings (SSSR count). The first-order valence-electron chi connectivity index (χ1n) is 11.5. The zero-order valence-electron chi connectivity index (χ0n) is 19.9. The second-order valence-electron chi connectivity index (χ2n) is 8.96. The van der Waals surface area contributed by atoms with Gasteiger partial charge in [-0.25, -0.2) is 4.98 Å². The van der Waals surface area contributed by atoms with E-state index in [1.807, 2.05) is 25.1 Å². The van der Waals surface area contributed by atoms with Crippen molar-refractivity contribution in [3.63, 3.8) is 0 Å². The first kappa shape index (κ1) is 24.7. The molecule has 1 aromatic heterocycles. The second-order valence-corrected chi connectivity index (χ2v) is 10.3. The van der Waals surface area contributed by atoms with Crippen LogP contribution in [0.4, 0.5) is 11.5 Å². The maximum atomic E-state index is 12.3. The molecule has 3 heterocycles. The molecule has 1 amide bonds. The van der Waals surface area contributed by atoms with Crippen molar-refractivity contribution in [1.82, 2.24) is 15.2 Å². The normalized spacial score (nSPS) is 18.9. The molecule has 0 bridgehead atoms. The monoisotopic (exact) mass is 501 g/mol. The van der Waals surface area contributed by atoms with E-state index in [1.165, 1.54) is 0 Å². The van der Waals surface area contributed by atoms with Gasteiger partial charge >= 0.3 is 10.2 Å². The fourth-order valence-corrected chi connectivity index (χ4v) is 5.00. The van der Waals surface area contributed by atoms with Gasteiger partial charge in [-0.15, -0.1) is 4.40 Å². The van der Waals surface area contributed by atoms with Crippen LogP contribution >= 0.6 is 0 Å². The summed E-state index contributed by atoms with van der Waals surface area (Å²) in [5.74, 6) is 1.34. The maximum Gasteiger partial charge on any atom is 0.344 e. The largest absolute Gasteiger partial charge is 0.492 e. The van der Waals surface area contributed by atoms with Gasteiger partial charge in [0.25, 0.3) is 5.91 Å². The van der Waals surface area contributed by atoms with Gasteiger partial charge in [-0.3, -0.25) is 9.52 Å². The molecule has 0 aliphatic carbocycles. The van der Waals surface area contributed by atoms with Gasteiger partial charge in [0.15, 0.2) is 5.84 Å². The van der Waals surface area contributed by atoms with Crippen molar-refractivity contribution in [2.75, 3.05) is 56.5 Å². The van der Waals surface area contributed by atoms with Crippen LogP contribution in [0.25, 0.3) is 0 Å². The summed E-state index contributed by atoms with van der Waals surface area (Å²) in [6, 6.07) is 8.77. The van der Waals surface area contributed by atoms with E-state index in [0.29, 0.717) is 35.7 Å². The number of benzene rings is 1. The summed E-state index contributed by atoms with van der Waals surface area (Å²) in [7, 11) is 0.0824. The average Bonchev–Trinajstić information content (AvgIpc) is 2.81. The minimum atomic E-state index is -3.84. The highest BCUT2D eigenvalue weighted by Crippen LogP contribution is 2.31. The lowest BCUT2D eigenvalue weighted by atomic mass is 9.99. The zero-order chi connectivity index (χ0) is 25.0. The number of likely N-dealkylation sites (N-methyl/N-ethyl adjacent to an activating group) is 1. The van der Waals surface area contributed by atoms with E-state index in [2.05, 4.69) is 24.3 Å². The van der Waals surface area contributed by atoms with Gasteiger partial charge in [0.2, 0.25) is 0 Å². The highest BCUT2D eigenvalue weighted by molar-refractivity contribution is 7.91. The molecule has 2 aliphatic rings. The van der Waals surface area contributed by atoms with E-state index in [1.54, 1.807) is 30.5 Å². The first-order valence-corrected chi connectivity index (χ1v) is 12.9. The summed E-state index contributed by atoms with van der Waals surface area (Å²) in [6.45, 7) is 3.43. The summed E-state index contributed by atoms with van der Waals surface area (Å²) in [6.07, 6.45) is 3.59. The van der Waals surface area contributed by atoms with Crippen molar-refractivity contribution < 1.29 is 17.9 Å². The second kappa shape index (κ2) is 10.5. The van der Waals surface area contributed by atoms with Crippen molar-refractivity contribution in [3.8, 4) is 5.75 Å². The number of nitrogens with two attached hydrogens (primary N) is 1. The quantitative estimate of drug-likeness (QED) is 0.487. The first-order chi connectivity index (χ1) is 16.7. The Morgan fingerprint density at radius 3 is 2.89 bits per heavy atom. The number of fused-ring (bicyclic) bond motifs is 1. The van der Waals surface area contributed by atoms with E-state index in [-0.39, 0.29) is 17.7 Å². The summed E-state index contributed by atoms with van der Waals surface area (Å²) in [5, 5.41) is 2.89. The number of carbonyl (C=O) groups excluding carboxylic acids is 1. The Balaban J connectivity index is 1.35. The fourth-order valence-electron chi connectivity index (χ4n) is 4.16. The van der Waals surface area contributed by atoms with Gasteiger partial charge in [0, 0.05) is 38.3 Å². The van der Waals surface area contributed by atoms with E-state index >= 15 is 0 Å². The van der Waals surface area contributed by atoms with Crippen LogP contribution in [0.15, 0.2) is 40.9 Å². The Morgan fingerprint density at radius 1 is 1.31 bits per heavy atom. The maximum absolute atomic E-state index is 12.3. The van der Waals surface area contributed by atoms with Gasteiger partial charge in [0.05, 0.1) is 23.4 Å². The molecule has 1 saturated heterocycles. The molecule has 4 N–H and O–H groups in total. The smallest absolute Gasteiger partial charge is 0.344 e. The molecular weight excluding hydrogens is 470 g/mol. The summed E-state index contributed by atoms with van der Waals surface area (Å²) >= 11 is 0. The van der Waals surface area contributed by atoms with Crippen molar-refractivity contribution in [3.05, 3.63) is 47.7 Å². The van der Waals surface area contributed by atoms with E-state index in [0.717, 1.165) is 38.3 Å². The molecule has 35 heavy (non-hydrogen) atoms. The van der Waals surface area contributed by atoms with Crippen LogP contribution in [0.5, 0.6) is 5.75 Å². The molecule has 0 unspecified atom stereocenters. The van der Waals surface area contributed by atoms with E-state index < -0.39 is 10.2 Å². The molecule has 0 spiro atoms. The number of hydrogen-bond acceptors (Lipinski definition) is 8. The van der Waals surface area contributed by atoms with Crippen LogP contribution in [0.3, 0.4) is 0 Å². The number of carbonyl (C=O) groups is 1. The summed E-state index contributed by atoms with van der Waals surface area (Å²) < 4.78 is 35.6. The van der Waals surface area contributed by atoms with Gasteiger partial charge in [0.1, 0.15) is 11.6 Å². The molecule has 0 saturated carbocycles. The molecule has 0 radical (unpaired) electrons. The van der Waals surface area contributed by atoms with Crippen LogP contribution in [0.2, 0.25) is 0 Å². The number of amidine groups is 1. The lowest BCUT2D eigenvalue weighted by molar-refractivity contribution is 0.0950. The molecule has 12 heteroatoms. The molecule has 11 nitrogen and oxygen atoms in total. The summed E-state index contributed by atoms with van der Waals surface area (Å²) in [4.78, 5) is 21.0. The predicted molar refractivity (Wildman–Crippen MR) is 135 cm³/mol. The third-order valence-corrected chi connectivity index (χ3v) is 6.83. The molecule has 2 aromatic rings. The minimum Gasteiger partial charge on any atom is -0.492 e. The predicted octanol–water partition coefficient (Wildman–Crippen LogP) is 1.04. The van der Waals surface area contributed by atoms with Gasteiger partial charge in [-0.05, 0) is 51.2 Å². The lowest BCUT2D eigenvalue weighted by Crippen LogP contribution is -2.38. The van der Waals surface area contributed by atoms with Crippen LogP contribution in [0.1, 0.15) is 28.8 Å². The molecule has 1 fully saturated rings. The minimum absolute atomic E-state index is 0.0883. The Kier molecular flexibility index (Phi) is 7.41. The van der Waals surface area contributed by atoms with Crippen LogP contribution in [0, 0.1) is 5.92 Å². The van der Waals surface area contributed by atoms with Gasteiger partial charge in [-0.1, -0.05) is 6.07 Å². The van der Waals surface area contributed by atoms with Crippen molar-refractivity contribution in [2.24, 2.45) is 16.0 Å². The highest BCUT2D eigenvalue weighted by Gasteiger charge is 2.26. The van der Waals surface area contributed by atoms with Gasteiger partial charge in [-0.2, -0.15) is 8.42 Å². The SMILES string of the molecule is CN(C)CCNC(=O)c1ccc(N2CCC[C@H](COc3cccc4c3C(N)=NS(=O)(=O)N4)C2)nc1. The molecule has 2 aliphatic heterocycles. The Morgan fingerprint density at radius 2 is 2.14 bits per heavy atom. The fraction of sp³-hybridized carbons (Fsp3) is 0.435. The third-order valence-electron chi connectivity index (χ3n) is 5.91. The summed E-state index contributed by atoms with van der Waals surface area (Å²) in [5.41, 5.74) is 7.25. The van der Waals surface area contributed by atoms with Crippen LogP contribution in [-0.2, 0) is 10.2 Å². The molecule has 188 valence electrons. The van der Waals surface area contributed by atoms with Crippen LogP contribution < -0.4 is 25.4 Å². The number of piperidine rings is 1. The molecule has 1 aromatic carbocycles. The van der Waals surface area contributed by atoms with Crippen molar-refractivity contribution in [1.29, 1.82) is 0 Å². The highest BCUT2D eigenvalue weighted by atomic mass is 32.2. The Bertz CT molecular complexity index is 1200. The number of aromatic nitrogens is 1. The molecular formula is C23H31N7O4S. The van der Waals surface area contributed by atoms with E-state index in [4.69, 9.17) is 10.5 Å². The van der Waals surface area contributed by atoms with Crippen LogP contribution in [-0.4, -0.2) is 76.9 Å². The number of nitrogens with one attached hydrogen (secondary N) is 2. The van der Waals surface area contributed by atoms with E-state index in [9.17, 15) is 13.2 Å². The number of pyridine rings is 1. The standard InChI is InChI=1S/C23H31N7O4S/c1-29(2)12-10-25-23(31)17-8-9-20(26-13-17)30-11-4-5-16(14-30)15-34-19-7-3-6-18-21(19)22(24)28-35(32,33)27-18/h3,6-9,13,16,27H,4-5,10-12,14-15H2,1-2H3,(H2,24,28)(H,25,31)/t16-/m0/s1. The number of nitrogens with zero attached hydrogens (tertiary/aromatic N) is 4. The zero-order valence-corrected chi connectivity index (χ0v) is 20.7. The van der Waals surface area contributed by atoms with Crippen molar-refractivity contribution >= 4 is 33.5 Å². The number of ether oxygens (including phenoxy) is 1. The molecule has 1 atom stereocenters. The number of hydrogen-bond donors (Lipinski definition) is 3. The number of amides is 1. The topological polar surface area (TPSA) is 142 Å². The Labute approximate surface area is 205 Å². The lowest BCUT2D eigenvalue weighted by Gasteiger charge is -2.33. The Hall–Kier alpha value is -3.38. The van der Waals surface area contributed by atoms with Crippen molar-refractivity contribution in [2.45, 2.75) is 12.8 Å². The van der Waals surface area contributed by atoms with Gasteiger partial charge < -0.3 is 25.6 Å². The third kappa shape index (κ3) is 6.20. The average molecular weight is 502 g/mol. The number of rotatable bonds is 8.